The van der Waals surface area contributed by atoms with E-state index in [1.807, 2.05) is 14.2 Å². The van der Waals surface area contributed by atoms with E-state index in [2.05, 4.69) is 170 Å². The standard InChI is InChI=1S/C50H76O4/c1-35(2)33-53-45-27-29-49(11,12)43(41(45)9)31-47(51-15)39(7)25-19-23-37(5)21-17-18-22-38(6)24-20-26-40(8)48(52-16)32-44-42(10)46(54-34-36(3)4)28-30-50(44,13)14/h17-28,35-36,47-48H,29-34H2,1-16H3/b18-17+,23-19+,24-20+,37-21+,38-22+,39-25+,40-26+. The fraction of sp³-hybridized carbons (Fsp3) is 0.560. The van der Waals surface area contributed by atoms with Crippen LogP contribution in [-0.2, 0) is 18.9 Å². The lowest BCUT2D eigenvalue weighted by Crippen LogP contribution is -2.25. The van der Waals surface area contributed by atoms with Crippen LogP contribution in [0.5, 0.6) is 0 Å². The summed E-state index contributed by atoms with van der Waals surface area (Å²) in [5.41, 5.74) is 10.3. The first-order valence-corrected chi connectivity index (χ1v) is 20.2. The molecule has 0 aromatic heterocycles. The van der Waals surface area contributed by atoms with E-state index >= 15 is 0 Å². The Morgan fingerprint density at radius 1 is 0.593 bits per heavy atom. The van der Waals surface area contributed by atoms with Gasteiger partial charge in [0, 0.05) is 14.2 Å². The topological polar surface area (TPSA) is 36.9 Å². The van der Waals surface area contributed by atoms with Crippen molar-refractivity contribution in [1.29, 1.82) is 0 Å². The molecule has 0 radical (unpaired) electrons. The van der Waals surface area contributed by atoms with Crippen LogP contribution in [0.3, 0.4) is 0 Å². The molecule has 0 aliphatic heterocycles. The van der Waals surface area contributed by atoms with Gasteiger partial charge in [0.15, 0.2) is 0 Å². The molecule has 0 heterocycles. The molecule has 300 valence electrons. The molecule has 2 atom stereocenters. The van der Waals surface area contributed by atoms with Crippen molar-refractivity contribution in [3.05, 3.63) is 129 Å². The minimum atomic E-state index is 0.0125. The van der Waals surface area contributed by atoms with Crippen molar-refractivity contribution in [1.82, 2.24) is 0 Å². The third kappa shape index (κ3) is 15.1. The molecule has 4 nitrogen and oxygen atoms in total. The Morgan fingerprint density at radius 2 is 0.944 bits per heavy atom. The van der Waals surface area contributed by atoms with Crippen LogP contribution < -0.4 is 0 Å². The molecule has 2 aliphatic rings. The van der Waals surface area contributed by atoms with Gasteiger partial charge >= 0.3 is 0 Å². The largest absolute Gasteiger partial charge is 0.493 e. The van der Waals surface area contributed by atoms with Gasteiger partial charge in [0.25, 0.3) is 0 Å². The third-order valence-electron chi connectivity index (χ3n) is 10.6. The molecule has 0 bridgehead atoms. The van der Waals surface area contributed by atoms with Gasteiger partial charge < -0.3 is 18.9 Å². The van der Waals surface area contributed by atoms with E-state index in [0.717, 1.165) is 50.4 Å². The van der Waals surface area contributed by atoms with Gasteiger partial charge in [0.2, 0.25) is 0 Å². The molecule has 0 N–H and O–H groups in total. The second-order valence-electron chi connectivity index (χ2n) is 17.5. The van der Waals surface area contributed by atoms with E-state index in [4.69, 9.17) is 18.9 Å². The summed E-state index contributed by atoms with van der Waals surface area (Å²) in [4.78, 5) is 0. The van der Waals surface area contributed by atoms with E-state index < -0.39 is 0 Å². The quantitative estimate of drug-likeness (QED) is 0.116. The smallest absolute Gasteiger partial charge is 0.118 e. The zero-order chi connectivity index (χ0) is 40.6. The Morgan fingerprint density at radius 3 is 1.26 bits per heavy atom. The van der Waals surface area contributed by atoms with Gasteiger partial charge in [-0.2, -0.15) is 0 Å². The van der Waals surface area contributed by atoms with Gasteiger partial charge in [-0.05, 0) is 124 Å². The number of ether oxygens (including phenoxy) is 4. The molecule has 0 aromatic rings. The number of methoxy groups -OCH3 is 2. The fourth-order valence-corrected chi connectivity index (χ4v) is 6.94. The van der Waals surface area contributed by atoms with Gasteiger partial charge in [-0.1, -0.05) is 138 Å². The van der Waals surface area contributed by atoms with Crippen LogP contribution in [0.15, 0.2) is 129 Å². The van der Waals surface area contributed by atoms with Gasteiger partial charge in [0.05, 0.1) is 25.4 Å². The second kappa shape index (κ2) is 22.3. The fourth-order valence-electron chi connectivity index (χ4n) is 6.94. The van der Waals surface area contributed by atoms with Crippen LogP contribution in [0.4, 0.5) is 0 Å². The predicted octanol–water partition coefficient (Wildman–Crippen LogP) is 13.9. The number of hydrogen-bond donors (Lipinski definition) is 0. The molecular weight excluding hydrogens is 665 g/mol. The highest BCUT2D eigenvalue weighted by Crippen LogP contribution is 2.44. The van der Waals surface area contributed by atoms with Crippen LogP contribution in [0.1, 0.15) is 123 Å². The van der Waals surface area contributed by atoms with Gasteiger partial charge in [-0.25, -0.2) is 0 Å². The minimum absolute atomic E-state index is 0.0125. The molecule has 0 amide bonds. The van der Waals surface area contributed by atoms with Crippen molar-refractivity contribution in [2.24, 2.45) is 22.7 Å². The summed E-state index contributed by atoms with van der Waals surface area (Å²) in [7, 11) is 3.63. The first-order valence-electron chi connectivity index (χ1n) is 20.2. The van der Waals surface area contributed by atoms with E-state index in [-0.39, 0.29) is 23.0 Å². The Balaban J connectivity index is 2.03. The van der Waals surface area contributed by atoms with E-state index in [0.29, 0.717) is 11.8 Å². The van der Waals surface area contributed by atoms with Crippen molar-refractivity contribution in [3.8, 4) is 0 Å². The molecule has 0 aromatic carbocycles. The maximum atomic E-state index is 6.19. The summed E-state index contributed by atoms with van der Waals surface area (Å²) in [6, 6.07) is 0. The van der Waals surface area contributed by atoms with Crippen LogP contribution >= 0.6 is 0 Å². The Labute approximate surface area is 331 Å². The van der Waals surface area contributed by atoms with Gasteiger partial charge in [-0.3, -0.25) is 0 Å². The molecular formula is C50H76O4. The van der Waals surface area contributed by atoms with Crippen molar-refractivity contribution in [2.75, 3.05) is 27.4 Å². The Hall–Kier alpha value is -3.34. The normalized spacial score (nSPS) is 20.2. The average molecular weight is 741 g/mol. The summed E-state index contributed by atoms with van der Waals surface area (Å²) >= 11 is 0. The molecule has 0 spiro atoms. The molecule has 0 saturated heterocycles. The molecule has 4 heteroatoms. The maximum absolute atomic E-state index is 6.19. The summed E-state index contributed by atoms with van der Waals surface area (Å²) < 4.78 is 24.4. The zero-order valence-electron chi connectivity index (χ0n) is 37.1. The lowest BCUT2D eigenvalue weighted by Gasteiger charge is -2.36. The summed E-state index contributed by atoms with van der Waals surface area (Å²) in [6.07, 6.45) is 29.6. The second-order valence-corrected chi connectivity index (χ2v) is 17.5. The van der Waals surface area contributed by atoms with Crippen LogP contribution in [-0.4, -0.2) is 39.6 Å². The third-order valence-corrected chi connectivity index (χ3v) is 10.6. The van der Waals surface area contributed by atoms with E-state index in [1.54, 1.807) is 0 Å². The zero-order valence-corrected chi connectivity index (χ0v) is 37.1. The molecule has 2 unspecified atom stereocenters. The molecule has 2 aliphatic carbocycles. The number of allylic oxidation sites excluding steroid dienone is 16. The SMILES string of the molecule is COC(CC1=C(C)C(OCC(C)C)=CCC1(C)C)/C(C)=C/C=C/C(C)=C/C=C/C=C(C)/C=C/C=C(\C)C(CC1=C(C)C(OCC(C)C)=CCC1(C)C)OC. The molecule has 0 fully saturated rings. The Bertz CT molecular complexity index is 1470. The van der Waals surface area contributed by atoms with Crippen LogP contribution in [0, 0.1) is 22.7 Å². The maximum Gasteiger partial charge on any atom is 0.118 e. The monoisotopic (exact) mass is 741 g/mol. The summed E-state index contributed by atoms with van der Waals surface area (Å²) in [5.74, 6) is 3.07. The number of rotatable bonds is 20. The predicted molar refractivity (Wildman–Crippen MR) is 233 cm³/mol. The summed E-state index contributed by atoms with van der Waals surface area (Å²) in [6.45, 7) is 32.5. The Kier molecular flexibility index (Phi) is 19.3. The van der Waals surface area contributed by atoms with Crippen molar-refractivity contribution in [2.45, 2.75) is 135 Å². The number of hydrogen-bond acceptors (Lipinski definition) is 4. The average Bonchev–Trinajstić information content (AvgIpc) is 3.09. The van der Waals surface area contributed by atoms with Crippen LogP contribution in [0.25, 0.3) is 0 Å². The molecule has 54 heavy (non-hydrogen) atoms. The highest BCUT2D eigenvalue weighted by atomic mass is 16.5. The molecule has 2 rings (SSSR count). The highest BCUT2D eigenvalue weighted by molar-refractivity contribution is 5.40. The highest BCUT2D eigenvalue weighted by Gasteiger charge is 2.33. The first-order chi connectivity index (χ1) is 25.3. The first kappa shape index (κ1) is 46.8. The summed E-state index contributed by atoms with van der Waals surface area (Å²) in [5, 5.41) is 0. The minimum Gasteiger partial charge on any atom is -0.493 e. The van der Waals surface area contributed by atoms with Gasteiger partial charge in [-0.15, -0.1) is 0 Å². The van der Waals surface area contributed by atoms with Crippen molar-refractivity contribution < 1.29 is 18.9 Å². The van der Waals surface area contributed by atoms with Gasteiger partial charge in [0.1, 0.15) is 11.5 Å². The lowest BCUT2D eigenvalue weighted by molar-refractivity contribution is 0.124. The lowest BCUT2D eigenvalue weighted by atomic mass is 9.72. The van der Waals surface area contributed by atoms with Crippen molar-refractivity contribution >= 4 is 0 Å². The molecule has 0 saturated carbocycles. The van der Waals surface area contributed by atoms with E-state index in [1.165, 1.54) is 44.6 Å². The van der Waals surface area contributed by atoms with Crippen molar-refractivity contribution in [3.63, 3.8) is 0 Å². The van der Waals surface area contributed by atoms with E-state index in [9.17, 15) is 0 Å². The van der Waals surface area contributed by atoms with Crippen LogP contribution in [0.2, 0.25) is 0 Å².